The van der Waals surface area contributed by atoms with Crippen LogP contribution < -0.4 is 15.1 Å². The number of rotatable bonds is 6. The molecule has 0 amide bonds. The topological polar surface area (TPSA) is 65.7 Å². The van der Waals surface area contributed by atoms with E-state index in [0.717, 1.165) is 31.0 Å². The number of esters is 1. The number of fused-ring (bicyclic) bond motifs is 1. The lowest BCUT2D eigenvalue weighted by Gasteiger charge is -2.08. The summed E-state index contributed by atoms with van der Waals surface area (Å²) in [5, 5.41) is 0.171. The number of halogens is 3. The van der Waals surface area contributed by atoms with Crippen molar-refractivity contribution in [3.05, 3.63) is 70.1 Å². The quantitative estimate of drug-likeness (QED) is 0.243. The van der Waals surface area contributed by atoms with Crippen molar-refractivity contribution in [3.63, 3.8) is 0 Å². The number of ether oxygens (including phenoxy) is 2. The lowest BCUT2D eigenvalue weighted by atomic mass is 10.1. The second-order valence-corrected chi connectivity index (χ2v) is 6.26. The fourth-order valence-electron chi connectivity index (χ4n) is 2.53. The zero-order valence-electron chi connectivity index (χ0n) is 15.4. The van der Waals surface area contributed by atoms with E-state index < -0.39 is 28.9 Å². The van der Waals surface area contributed by atoms with Gasteiger partial charge in [0.05, 0.1) is 12.2 Å². The molecule has 29 heavy (non-hydrogen) atoms. The molecule has 8 heteroatoms. The first-order chi connectivity index (χ1) is 13.8. The molecule has 0 aliphatic rings. The number of carbonyl (C=O) groups excluding carboxylic acids is 1. The molecule has 3 rings (SSSR count). The van der Waals surface area contributed by atoms with Crippen LogP contribution >= 0.6 is 0 Å². The fraction of sp³-hybridized carbons (Fsp3) is 0.238. The molecule has 2 aromatic carbocycles. The van der Waals surface area contributed by atoms with Crippen molar-refractivity contribution < 1.29 is 31.9 Å². The van der Waals surface area contributed by atoms with Gasteiger partial charge in [0.15, 0.2) is 0 Å². The van der Waals surface area contributed by atoms with Gasteiger partial charge in [-0.2, -0.15) is 13.2 Å². The van der Waals surface area contributed by atoms with Crippen molar-refractivity contribution in [1.29, 1.82) is 0 Å². The third kappa shape index (κ3) is 4.96. The molecule has 0 radical (unpaired) electrons. The van der Waals surface area contributed by atoms with Gasteiger partial charge in [0.25, 0.3) is 0 Å². The van der Waals surface area contributed by atoms with Crippen LogP contribution in [0.1, 0.15) is 35.7 Å². The number of hydrogen-bond donors (Lipinski definition) is 0. The van der Waals surface area contributed by atoms with Crippen LogP contribution in [0.5, 0.6) is 11.5 Å². The van der Waals surface area contributed by atoms with Crippen molar-refractivity contribution >= 4 is 16.9 Å². The fourth-order valence-corrected chi connectivity index (χ4v) is 2.53. The minimum atomic E-state index is -4.57. The maximum absolute atomic E-state index is 12.8. The molecule has 0 aliphatic heterocycles. The molecule has 1 heterocycles. The van der Waals surface area contributed by atoms with Crippen LogP contribution in [-0.2, 0) is 6.18 Å². The second kappa shape index (κ2) is 8.38. The van der Waals surface area contributed by atoms with Gasteiger partial charge in [0.2, 0.25) is 0 Å². The Balaban J connectivity index is 1.78. The molecule has 5 nitrogen and oxygen atoms in total. The van der Waals surface area contributed by atoms with Gasteiger partial charge in [-0.05, 0) is 48.9 Å². The van der Waals surface area contributed by atoms with Crippen LogP contribution in [0.3, 0.4) is 0 Å². The van der Waals surface area contributed by atoms with Gasteiger partial charge < -0.3 is 13.9 Å². The lowest BCUT2D eigenvalue weighted by Crippen LogP contribution is -2.18. The molecule has 152 valence electrons. The molecular formula is C21H17F3O5. The van der Waals surface area contributed by atoms with Gasteiger partial charge in [-0.25, -0.2) is 9.59 Å². The number of hydrogen-bond acceptors (Lipinski definition) is 5. The van der Waals surface area contributed by atoms with E-state index in [-0.39, 0.29) is 16.7 Å². The van der Waals surface area contributed by atoms with E-state index in [1.807, 2.05) is 6.92 Å². The third-order valence-corrected chi connectivity index (χ3v) is 4.08. The van der Waals surface area contributed by atoms with E-state index in [4.69, 9.17) is 13.9 Å². The molecule has 3 aromatic rings. The summed E-state index contributed by atoms with van der Waals surface area (Å²) < 4.78 is 53.9. The molecule has 0 aliphatic carbocycles. The smallest absolute Gasteiger partial charge is 0.416 e. The Morgan fingerprint density at radius 1 is 1.03 bits per heavy atom. The third-order valence-electron chi connectivity index (χ3n) is 4.08. The number of carbonyl (C=O) groups is 1. The molecule has 0 saturated carbocycles. The van der Waals surface area contributed by atoms with E-state index in [2.05, 4.69) is 0 Å². The highest BCUT2D eigenvalue weighted by Gasteiger charge is 2.31. The van der Waals surface area contributed by atoms with Gasteiger partial charge in [-0.3, -0.25) is 0 Å². The SMILES string of the molecule is CCCCOc1ccc(OC(=O)c2cc3ccc(C(F)(F)F)cc3oc2=O)cc1. The number of alkyl halides is 3. The Kier molecular flexibility index (Phi) is 5.91. The summed E-state index contributed by atoms with van der Waals surface area (Å²) in [4.78, 5) is 24.4. The van der Waals surface area contributed by atoms with Gasteiger partial charge in [-0.15, -0.1) is 0 Å². The Labute approximate surface area is 163 Å². The summed E-state index contributed by atoms with van der Waals surface area (Å²) in [5.41, 5.74) is -2.72. The summed E-state index contributed by atoms with van der Waals surface area (Å²) >= 11 is 0. The predicted molar refractivity (Wildman–Crippen MR) is 99.3 cm³/mol. The zero-order chi connectivity index (χ0) is 21.0. The molecule has 0 N–H and O–H groups in total. The maximum atomic E-state index is 12.8. The lowest BCUT2D eigenvalue weighted by molar-refractivity contribution is -0.137. The molecular weight excluding hydrogens is 389 g/mol. The second-order valence-electron chi connectivity index (χ2n) is 6.26. The van der Waals surface area contributed by atoms with Gasteiger partial charge in [-0.1, -0.05) is 19.4 Å². The Morgan fingerprint density at radius 3 is 2.38 bits per heavy atom. The summed E-state index contributed by atoms with van der Waals surface area (Å²) in [5.74, 6) is -0.172. The first-order valence-corrected chi connectivity index (χ1v) is 8.88. The Morgan fingerprint density at radius 2 is 1.72 bits per heavy atom. The summed E-state index contributed by atoms with van der Waals surface area (Å²) in [6.07, 6.45) is -2.66. The standard InChI is InChI=1S/C21H17F3O5/c1-2-3-10-27-15-6-8-16(9-7-15)28-19(25)17-11-13-4-5-14(21(22,23)24)12-18(13)29-20(17)26/h4-9,11-12H,2-3,10H2,1H3. The van der Waals surface area contributed by atoms with Crippen molar-refractivity contribution in [1.82, 2.24) is 0 Å². The van der Waals surface area contributed by atoms with E-state index in [1.165, 1.54) is 12.1 Å². The Hall–Kier alpha value is -3.29. The van der Waals surface area contributed by atoms with Crippen LogP contribution in [0.4, 0.5) is 13.2 Å². The largest absolute Gasteiger partial charge is 0.494 e. The summed E-state index contributed by atoms with van der Waals surface area (Å²) in [6, 6.07) is 10.1. The molecule has 0 spiro atoms. The predicted octanol–water partition coefficient (Wildman–Crippen LogP) is 5.21. The number of benzene rings is 2. The zero-order valence-corrected chi connectivity index (χ0v) is 15.4. The highest BCUT2D eigenvalue weighted by molar-refractivity contribution is 5.94. The van der Waals surface area contributed by atoms with Crippen molar-refractivity contribution in [2.45, 2.75) is 25.9 Å². The van der Waals surface area contributed by atoms with Crippen LogP contribution in [0.15, 0.2) is 57.7 Å². The maximum Gasteiger partial charge on any atom is 0.416 e. The monoisotopic (exact) mass is 406 g/mol. The molecule has 0 fully saturated rings. The Bertz CT molecular complexity index is 1070. The average Bonchev–Trinajstić information content (AvgIpc) is 2.67. The molecule has 0 bridgehead atoms. The van der Waals surface area contributed by atoms with Crippen molar-refractivity contribution in [2.75, 3.05) is 6.61 Å². The van der Waals surface area contributed by atoms with Crippen LogP contribution in [-0.4, -0.2) is 12.6 Å². The summed E-state index contributed by atoms with van der Waals surface area (Å²) in [7, 11) is 0. The number of unbranched alkanes of at least 4 members (excludes halogenated alkanes) is 1. The van der Waals surface area contributed by atoms with Gasteiger partial charge >= 0.3 is 17.8 Å². The van der Waals surface area contributed by atoms with Gasteiger partial charge in [0, 0.05) is 5.39 Å². The molecule has 0 saturated heterocycles. The highest BCUT2D eigenvalue weighted by atomic mass is 19.4. The van der Waals surface area contributed by atoms with Gasteiger partial charge in [0.1, 0.15) is 22.6 Å². The van der Waals surface area contributed by atoms with Crippen LogP contribution in [0.25, 0.3) is 11.0 Å². The van der Waals surface area contributed by atoms with E-state index >= 15 is 0 Å². The molecule has 1 aromatic heterocycles. The first-order valence-electron chi connectivity index (χ1n) is 8.88. The minimum absolute atomic E-state index is 0.171. The normalized spacial score (nSPS) is 11.4. The highest BCUT2D eigenvalue weighted by Crippen LogP contribution is 2.31. The van der Waals surface area contributed by atoms with Crippen molar-refractivity contribution in [3.8, 4) is 11.5 Å². The average molecular weight is 406 g/mol. The van der Waals surface area contributed by atoms with Crippen LogP contribution in [0, 0.1) is 0 Å². The minimum Gasteiger partial charge on any atom is -0.494 e. The van der Waals surface area contributed by atoms with Crippen LogP contribution in [0.2, 0.25) is 0 Å². The van der Waals surface area contributed by atoms with E-state index in [9.17, 15) is 22.8 Å². The van der Waals surface area contributed by atoms with E-state index in [0.29, 0.717) is 18.4 Å². The summed E-state index contributed by atoms with van der Waals surface area (Å²) in [6.45, 7) is 2.62. The molecule has 0 unspecified atom stereocenters. The van der Waals surface area contributed by atoms with Crippen molar-refractivity contribution in [2.24, 2.45) is 0 Å². The molecule has 0 atom stereocenters. The van der Waals surface area contributed by atoms with E-state index in [1.54, 1.807) is 12.1 Å². The first kappa shape index (κ1) is 20.4.